The molecule has 2 aromatic heterocycles. The molecule has 6 nitrogen and oxygen atoms in total. The van der Waals surface area contributed by atoms with Crippen molar-refractivity contribution in [1.29, 1.82) is 0 Å². The van der Waals surface area contributed by atoms with Crippen LogP contribution in [0.2, 0.25) is 0 Å². The summed E-state index contributed by atoms with van der Waals surface area (Å²) in [7, 11) is 0. The zero-order valence-electron chi connectivity index (χ0n) is 9.82. The highest BCUT2D eigenvalue weighted by Gasteiger charge is 2.03. The molecule has 2 heterocycles. The van der Waals surface area contributed by atoms with Gasteiger partial charge in [0.15, 0.2) is 0 Å². The van der Waals surface area contributed by atoms with Crippen molar-refractivity contribution in [1.82, 2.24) is 20.2 Å². The number of tetrazole rings is 1. The topological polar surface area (TPSA) is 68.8 Å². The SMILES string of the molecule is Brc1ccoc1CNc1ccc(-n2cnnn2)cc1. The van der Waals surface area contributed by atoms with Crippen LogP contribution in [0.15, 0.2) is 51.8 Å². The standard InChI is InChI=1S/C12H10BrN5O/c13-11-5-6-19-12(11)7-14-9-1-3-10(4-2-9)18-8-15-16-17-18/h1-6,8,14H,7H2. The fourth-order valence-electron chi connectivity index (χ4n) is 1.65. The quantitative estimate of drug-likeness (QED) is 0.800. The van der Waals surface area contributed by atoms with Gasteiger partial charge in [0.25, 0.3) is 0 Å². The van der Waals surface area contributed by atoms with Crippen LogP contribution < -0.4 is 5.32 Å². The molecule has 0 aliphatic heterocycles. The molecule has 0 amide bonds. The summed E-state index contributed by atoms with van der Waals surface area (Å²) >= 11 is 3.42. The summed E-state index contributed by atoms with van der Waals surface area (Å²) in [5.41, 5.74) is 1.91. The van der Waals surface area contributed by atoms with Gasteiger partial charge in [0.1, 0.15) is 12.1 Å². The highest BCUT2D eigenvalue weighted by Crippen LogP contribution is 2.19. The van der Waals surface area contributed by atoms with Crippen LogP contribution in [-0.2, 0) is 6.54 Å². The first-order chi connectivity index (χ1) is 9.33. The van der Waals surface area contributed by atoms with Gasteiger partial charge in [0, 0.05) is 5.69 Å². The predicted molar refractivity (Wildman–Crippen MR) is 72.9 cm³/mol. The molecular formula is C12H10BrN5O. The smallest absolute Gasteiger partial charge is 0.143 e. The molecule has 0 aliphatic carbocycles. The van der Waals surface area contributed by atoms with E-state index in [1.54, 1.807) is 17.3 Å². The summed E-state index contributed by atoms with van der Waals surface area (Å²) < 4.78 is 7.90. The van der Waals surface area contributed by atoms with Crippen LogP contribution in [0.1, 0.15) is 5.76 Å². The minimum absolute atomic E-state index is 0.623. The summed E-state index contributed by atoms with van der Waals surface area (Å²) in [5.74, 6) is 0.865. The monoisotopic (exact) mass is 319 g/mol. The van der Waals surface area contributed by atoms with Crippen LogP contribution in [-0.4, -0.2) is 20.2 Å². The predicted octanol–water partition coefficient (Wildman–Crippen LogP) is 2.63. The summed E-state index contributed by atoms with van der Waals surface area (Å²) in [5, 5.41) is 14.3. The maximum atomic E-state index is 5.33. The fourth-order valence-corrected chi connectivity index (χ4v) is 1.99. The maximum Gasteiger partial charge on any atom is 0.143 e. The van der Waals surface area contributed by atoms with Crippen molar-refractivity contribution in [2.45, 2.75) is 6.54 Å². The molecule has 0 fully saturated rings. The zero-order valence-corrected chi connectivity index (χ0v) is 11.4. The lowest BCUT2D eigenvalue weighted by molar-refractivity contribution is 0.516. The Kier molecular flexibility index (Phi) is 3.28. The molecule has 0 saturated carbocycles. The first kappa shape index (κ1) is 11.9. The number of aromatic nitrogens is 4. The summed E-state index contributed by atoms with van der Waals surface area (Å²) in [4.78, 5) is 0. The first-order valence-electron chi connectivity index (χ1n) is 5.62. The third-order valence-corrected chi connectivity index (χ3v) is 3.33. The minimum atomic E-state index is 0.623. The van der Waals surface area contributed by atoms with Crippen LogP contribution in [0.5, 0.6) is 0 Å². The van der Waals surface area contributed by atoms with E-state index in [-0.39, 0.29) is 0 Å². The van der Waals surface area contributed by atoms with E-state index >= 15 is 0 Å². The molecule has 1 aromatic carbocycles. The lowest BCUT2D eigenvalue weighted by atomic mass is 10.3. The van der Waals surface area contributed by atoms with E-state index in [0.717, 1.165) is 21.6 Å². The molecule has 19 heavy (non-hydrogen) atoms. The maximum absolute atomic E-state index is 5.33. The molecule has 0 atom stereocenters. The highest BCUT2D eigenvalue weighted by atomic mass is 79.9. The molecule has 96 valence electrons. The Hall–Kier alpha value is -2.15. The van der Waals surface area contributed by atoms with E-state index in [1.165, 1.54) is 0 Å². The first-order valence-corrected chi connectivity index (χ1v) is 6.41. The summed E-state index contributed by atoms with van der Waals surface area (Å²) in [6.07, 6.45) is 3.21. The van der Waals surface area contributed by atoms with Crippen molar-refractivity contribution in [3.05, 3.63) is 53.2 Å². The third-order valence-electron chi connectivity index (χ3n) is 2.62. The molecular weight excluding hydrogens is 310 g/mol. The molecule has 3 rings (SSSR count). The Morgan fingerprint density at radius 3 is 2.68 bits per heavy atom. The van der Waals surface area contributed by atoms with Crippen molar-refractivity contribution in [2.24, 2.45) is 0 Å². The highest BCUT2D eigenvalue weighted by molar-refractivity contribution is 9.10. The van der Waals surface area contributed by atoms with Gasteiger partial charge in [-0.2, -0.15) is 0 Å². The van der Waals surface area contributed by atoms with Gasteiger partial charge in [-0.1, -0.05) is 0 Å². The number of nitrogens with one attached hydrogen (secondary N) is 1. The lowest BCUT2D eigenvalue weighted by Crippen LogP contribution is -2.00. The molecule has 7 heteroatoms. The van der Waals surface area contributed by atoms with E-state index in [1.807, 2.05) is 30.3 Å². The molecule has 0 aliphatic rings. The lowest BCUT2D eigenvalue weighted by Gasteiger charge is -2.06. The van der Waals surface area contributed by atoms with E-state index in [4.69, 9.17) is 4.42 Å². The number of hydrogen-bond donors (Lipinski definition) is 1. The van der Waals surface area contributed by atoms with E-state index in [2.05, 4.69) is 36.8 Å². The Morgan fingerprint density at radius 1 is 1.21 bits per heavy atom. The Morgan fingerprint density at radius 2 is 2.05 bits per heavy atom. The normalized spacial score (nSPS) is 10.6. The number of halogens is 1. The summed E-state index contributed by atoms with van der Waals surface area (Å²) in [6, 6.07) is 9.69. The second-order valence-electron chi connectivity index (χ2n) is 3.85. The average molecular weight is 320 g/mol. The van der Waals surface area contributed by atoms with Crippen molar-refractivity contribution in [3.63, 3.8) is 0 Å². The zero-order chi connectivity index (χ0) is 13.1. The largest absolute Gasteiger partial charge is 0.466 e. The molecule has 0 saturated heterocycles. The van der Waals surface area contributed by atoms with E-state index in [9.17, 15) is 0 Å². The number of anilines is 1. The van der Waals surface area contributed by atoms with Crippen LogP contribution in [0.4, 0.5) is 5.69 Å². The number of rotatable bonds is 4. The van der Waals surface area contributed by atoms with Gasteiger partial charge >= 0.3 is 0 Å². The Bertz CT molecular complexity index is 647. The Balaban J connectivity index is 1.68. The fraction of sp³-hybridized carbons (Fsp3) is 0.0833. The van der Waals surface area contributed by atoms with Gasteiger partial charge in [-0.05, 0) is 56.7 Å². The molecule has 0 radical (unpaired) electrons. The van der Waals surface area contributed by atoms with Gasteiger partial charge in [-0.3, -0.25) is 0 Å². The minimum Gasteiger partial charge on any atom is -0.466 e. The number of furan rings is 1. The molecule has 3 aromatic rings. The molecule has 0 bridgehead atoms. The molecule has 0 unspecified atom stereocenters. The van der Waals surface area contributed by atoms with Crippen molar-refractivity contribution in [2.75, 3.05) is 5.32 Å². The number of hydrogen-bond acceptors (Lipinski definition) is 5. The van der Waals surface area contributed by atoms with Gasteiger partial charge in [0.2, 0.25) is 0 Å². The number of nitrogens with zero attached hydrogens (tertiary/aromatic N) is 4. The van der Waals surface area contributed by atoms with Crippen molar-refractivity contribution < 1.29 is 4.42 Å². The Labute approximate surface area is 117 Å². The number of benzene rings is 1. The second-order valence-corrected chi connectivity index (χ2v) is 4.70. The van der Waals surface area contributed by atoms with Crippen LogP contribution in [0.3, 0.4) is 0 Å². The van der Waals surface area contributed by atoms with E-state index in [0.29, 0.717) is 6.54 Å². The van der Waals surface area contributed by atoms with Gasteiger partial charge in [-0.15, -0.1) is 5.10 Å². The van der Waals surface area contributed by atoms with Crippen LogP contribution >= 0.6 is 15.9 Å². The van der Waals surface area contributed by atoms with Crippen molar-refractivity contribution >= 4 is 21.6 Å². The second kappa shape index (κ2) is 5.23. The van der Waals surface area contributed by atoms with Gasteiger partial charge in [0.05, 0.1) is 23.0 Å². The van der Waals surface area contributed by atoms with Crippen LogP contribution in [0, 0.1) is 0 Å². The average Bonchev–Trinajstić information content (AvgIpc) is 3.09. The third kappa shape index (κ3) is 2.65. The molecule has 1 N–H and O–H groups in total. The van der Waals surface area contributed by atoms with Gasteiger partial charge < -0.3 is 9.73 Å². The van der Waals surface area contributed by atoms with Crippen molar-refractivity contribution in [3.8, 4) is 5.69 Å². The van der Waals surface area contributed by atoms with Gasteiger partial charge in [-0.25, -0.2) is 4.68 Å². The van der Waals surface area contributed by atoms with E-state index < -0.39 is 0 Å². The molecule has 0 spiro atoms. The van der Waals surface area contributed by atoms with Crippen LogP contribution in [0.25, 0.3) is 5.69 Å². The summed E-state index contributed by atoms with van der Waals surface area (Å²) in [6.45, 7) is 0.623.